The molecule has 0 amide bonds. The van der Waals surface area contributed by atoms with E-state index in [9.17, 15) is 14.6 Å². The maximum absolute atomic E-state index is 13.4. The summed E-state index contributed by atoms with van der Waals surface area (Å²) in [6.45, 7) is 3.62. The van der Waals surface area contributed by atoms with Crippen molar-refractivity contribution in [1.82, 2.24) is 14.5 Å². The van der Waals surface area contributed by atoms with Gasteiger partial charge in [0.25, 0.3) is 0 Å². The highest BCUT2D eigenvalue weighted by Crippen LogP contribution is 2.27. The van der Waals surface area contributed by atoms with Crippen molar-refractivity contribution in [2.45, 2.75) is 32.2 Å². The number of benzene rings is 3. The zero-order chi connectivity index (χ0) is 23.5. The van der Waals surface area contributed by atoms with E-state index in [-0.39, 0.29) is 11.6 Å². The Kier molecular flexibility index (Phi) is 6.50. The topological polar surface area (TPSA) is 61.5 Å². The van der Waals surface area contributed by atoms with Crippen LogP contribution in [0.2, 0.25) is 0 Å². The number of phenols is 2. The molecule has 0 atom stereocenters. The summed E-state index contributed by atoms with van der Waals surface area (Å²) < 4.78 is 15.6. The number of phenolic OH excluding ortho intramolecular Hbond substituents is 2. The second kappa shape index (κ2) is 9.85. The Morgan fingerprint density at radius 2 is 1.71 bits per heavy atom. The molecule has 1 aliphatic rings. The zero-order valence-corrected chi connectivity index (χ0v) is 19.2. The van der Waals surface area contributed by atoms with E-state index in [1.165, 1.54) is 12.1 Å². The van der Waals surface area contributed by atoms with Crippen LogP contribution in [0.4, 0.5) is 4.39 Å². The SMILES string of the molecule is Oc1ccc2nc(CC3CCN(CCc4ccccc4O)CC3)n(Cc3ccc(F)cc3)c2c1. The highest BCUT2D eigenvalue weighted by atomic mass is 19.1. The fourth-order valence-electron chi connectivity index (χ4n) is 4.94. The van der Waals surface area contributed by atoms with Crippen molar-refractivity contribution in [3.63, 3.8) is 0 Å². The van der Waals surface area contributed by atoms with Gasteiger partial charge in [-0.25, -0.2) is 9.37 Å². The van der Waals surface area contributed by atoms with E-state index >= 15 is 0 Å². The number of para-hydroxylation sites is 1. The molecule has 1 saturated heterocycles. The number of halogens is 1. The summed E-state index contributed by atoms with van der Waals surface area (Å²) in [5, 5.41) is 20.1. The van der Waals surface area contributed by atoms with Crippen LogP contribution in [0.15, 0.2) is 66.7 Å². The minimum absolute atomic E-state index is 0.220. The summed E-state index contributed by atoms with van der Waals surface area (Å²) in [4.78, 5) is 7.38. The minimum atomic E-state index is -0.244. The lowest BCUT2D eigenvalue weighted by molar-refractivity contribution is 0.184. The van der Waals surface area contributed by atoms with Gasteiger partial charge in [-0.1, -0.05) is 30.3 Å². The number of fused-ring (bicyclic) bond motifs is 1. The predicted molar refractivity (Wildman–Crippen MR) is 132 cm³/mol. The second-order valence-electron chi connectivity index (χ2n) is 9.28. The Morgan fingerprint density at radius 1 is 0.941 bits per heavy atom. The van der Waals surface area contributed by atoms with Crippen molar-refractivity contribution >= 4 is 11.0 Å². The average molecular weight is 460 g/mol. The van der Waals surface area contributed by atoms with E-state index in [0.29, 0.717) is 18.2 Å². The van der Waals surface area contributed by atoms with Crippen molar-refractivity contribution in [3.05, 3.63) is 89.5 Å². The number of rotatable bonds is 7. The Morgan fingerprint density at radius 3 is 2.47 bits per heavy atom. The lowest BCUT2D eigenvalue weighted by Gasteiger charge is -2.32. The standard InChI is InChI=1S/C28H30FN3O2/c29-23-7-5-21(6-8-23)19-32-26-18-24(33)9-10-25(26)30-28(32)17-20-11-14-31(15-12-20)16-13-22-3-1-2-4-27(22)34/h1-10,18,20,33-34H,11-17,19H2. The van der Waals surface area contributed by atoms with Crippen molar-refractivity contribution < 1.29 is 14.6 Å². The third-order valence-corrected chi connectivity index (χ3v) is 6.93. The van der Waals surface area contributed by atoms with Gasteiger partial charge in [-0.15, -0.1) is 0 Å². The average Bonchev–Trinajstić information content (AvgIpc) is 3.17. The molecular formula is C28H30FN3O2. The van der Waals surface area contributed by atoms with Crippen LogP contribution in [-0.2, 0) is 19.4 Å². The summed E-state index contributed by atoms with van der Waals surface area (Å²) in [5.74, 6) is 1.91. The minimum Gasteiger partial charge on any atom is -0.508 e. The predicted octanol–water partition coefficient (Wildman–Crippen LogP) is 5.13. The van der Waals surface area contributed by atoms with Gasteiger partial charge in [-0.05, 0) is 79.7 Å². The molecule has 4 aromatic rings. The van der Waals surface area contributed by atoms with Crippen molar-refractivity contribution in [1.29, 1.82) is 0 Å². The number of likely N-dealkylation sites (tertiary alicyclic amines) is 1. The van der Waals surface area contributed by atoms with Crippen LogP contribution in [0.5, 0.6) is 11.5 Å². The fraction of sp³-hybridized carbons (Fsp3) is 0.321. The maximum Gasteiger partial charge on any atom is 0.123 e. The molecule has 1 aromatic heterocycles. The maximum atomic E-state index is 13.4. The first-order valence-corrected chi connectivity index (χ1v) is 12.0. The summed E-state index contributed by atoms with van der Waals surface area (Å²) >= 11 is 0. The van der Waals surface area contributed by atoms with Gasteiger partial charge in [-0.2, -0.15) is 0 Å². The molecule has 2 heterocycles. The molecule has 3 aromatic carbocycles. The number of aromatic hydroxyl groups is 2. The molecule has 0 spiro atoms. The Hall–Kier alpha value is -3.38. The van der Waals surface area contributed by atoms with Gasteiger partial charge in [-0.3, -0.25) is 0 Å². The van der Waals surface area contributed by atoms with Gasteiger partial charge in [0.15, 0.2) is 0 Å². The third-order valence-electron chi connectivity index (χ3n) is 6.93. The molecule has 6 heteroatoms. The van der Waals surface area contributed by atoms with Crippen molar-refractivity contribution in [2.24, 2.45) is 5.92 Å². The van der Waals surface area contributed by atoms with Crippen LogP contribution in [0.1, 0.15) is 29.8 Å². The van der Waals surface area contributed by atoms with E-state index in [0.717, 1.165) is 73.3 Å². The molecule has 2 N–H and O–H groups in total. The Labute approximate surface area is 199 Å². The molecule has 1 aliphatic heterocycles. The Bertz CT molecular complexity index is 1260. The lowest BCUT2D eigenvalue weighted by Crippen LogP contribution is -2.36. The largest absolute Gasteiger partial charge is 0.508 e. The van der Waals surface area contributed by atoms with Crippen LogP contribution in [0.3, 0.4) is 0 Å². The fourth-order valence-corrected chi connectivity index (χ4v) is 4.94. The number of imidazole rings is 1. The molecule has 5 nitrogen and oxygen atoms in total. The number of piperidine rings is 1. The highest BCUT2D eigenvalue weighted by Gasteiger charge is 2.22. The molecule has 0 radical (unpaired) electrons. The smallest absolute Gasteiger partial charge is 0.123 e. The van der Waals surface area contributed by atoms with Gasteiger partial charge in [0.2, 0.25) is 0 Å². The van der Waals surface area contributed by atoms with Crippen molar-refractivity contribution in [2.75, 3.05) is 19.6 Å². The molecular weight excluding hydrogens is 429 g/mol. The Balaban J connectivity index is 1.26. The summed E-state index contributed by atoms with van der Waals surface area (Å²) in [6, 6.07) is 19.4. The second-order valence-corrected chi connectivity index (χ2v) is 9.28. The highest BCUT2D eigenvalue weighted by molar-refractivity contribution is 5.78. The lowest BCUT2D eigenvalue weighted by atomic mass is 9.93. The summed E-state index contributed by atoms with van der Waals surface area (Å²) in [5.41, 5.74) is 3.78. The summed E-state index contributed by atoms with van der Waals surface area (Å²) in [7, 11) is 0. The van der Waals surface area contributed by atoms with Crippen LogP contribution in [-0.4, -0.2) is 44.3 Å². The molecule has 0 saturated carbocycles. The third kappa shape index (κ3) is 5.07. The van der Waals surface area contributed by atoms with Crippen LogP contribution in [0.25, 0.3) is 11.0 Å². The molecule has 5 rings (SSSR count). The first-order valence-electron chi connectivity index (χ1n) is 12.0. The van der Waals surface area contributed by atoms with E-state index in [4.69, 9.17) is 4.98 Å². The first kappa shape index (κ1) is 22.4. The molecule has 0 unspecified atom stereocenters. The van der Waals surface area contributed by atoms with Gasteiger partial charge in [0, 0.05) is 25.6 Å². The number of nitrogens with zero attached hydrogens (tertiary/aromatic N) is 3. The van der Waals surface area contributed by atoms with Gasteiger partial charge in [0.1, 0.15) is 23.1 Å². The van der Waals surface area contributed by atoms with Gasteiger partial charge < -0.3 is 19.7 Å². The number of hydrogen-bond acceptors (Lipinski definition) is 4. The molecule has 176 valence electrons. The first-order chi connectivity index (χ1) is 16.5. The molecule has 1 fully saturated rings. The summed E-state index contributed by atoms with van der Waals surface area (Å²) in [6.07, 6.45) is 3.94. The van der Waals surface area contributed by atoms with Crippen molar-refractivity contribution in [3.8, 4) is 11.5 Å². The van der Waals surface area contributed by atoms with Crippen LogP contribution in [0, 0.1) is 11.7 Å². The normalized spacial score (nSPS) is 15.2. The molecule has 0 aliphatic carbocycles. The van der Waals surface area contributed by atoms with Crippen LogP contribution < -0.4 is 0 Å². The number of aromatic nitrogens is 2. The quantitative estimate of drug-likeness (QED) is 0.402. The monoisotopic (exact) mass is 459 g/mol. The van der Waals surface area contributed by atoms with E-state index in [1.807, 2.05) is 24.3 Å². The van der Waals surface area contributed by atoms with Crippen LogP contribution >= 0.6 is 0 Å². The van der Waals surface area contributed by atoms with Gasteiger partial charge in [0.05, 0.1) is 11.0 Å². The van der Waals surface area contributed by atoms with E-state index in [1.54, 1.807) is 30.3 Å². The molecule has 34 heavy (non-hydrogen) atoms. The number of hydrogen-bond donors (Lipinski definition) is 2. The molecule has 0 bridgehead atoms. The van der Waals surface area contributed by atoms with E-state index in [2.05, 4.69) is 9.47 Å². The zero-order valence-electron chi connectivity index (χ0n) is 19.2. The van der Waals surface area contributed by atoms with E-state index < -0.39 is 0 Å². The van der Waals surface area contributed by atoms with Gasteiger partial charge >= 0.3 is 0 Å².